The van der Waals surface area contributed by atoms with Crippen molar-refractivity contribution < 1.29 is 22.8 Å². The first-order chi connectivity index (χ1) is 15.7. The molecule has 1 aliphatic heterocycles. The van der Waals surface area contributed by atoms with Gasteiger partial charge in [0.25, 0.3) is 5.91 Å². The standard InChI is InChI=1S/C22H21F3N6O2/c1-30(20(33)29-14-4-2-3-13(7-14)22(23,24)25)15-8-21(9-15)10-31(11-21)19(32)17-16-5-6-26-18(16)28-12-27-17/h2-7,12,15H,8-11H2,1H3,(H,29,33)(H,26,27,28). The van der Waals surface area contributed by atoms with Gasteiger partial charge in [0.2, 0.25) is 0 Å². The number of H-pyrrole nitrogens is 1. The third-order valence-corrected chi connectivity index (χ3v) is 6.54. The molecule has 2 aromatic heterocycles. The Kier molecular flexibility index (Phi) is 4.80. The number of hydrogen-bond donors (Lipinski definition) is 2. The summed E-state index contributed by atoms with van der Waals surface area (Å²) in [6, 6.07) is 5.83. The number of amides is 3. The fourth-order valence-electron chi connectivity index (χ4n) is 4.72. The number of carbonyl (C=O) groups is 2. The maximum absolute atomic E-state index is 12.9. The fraction of sp³-hybridized carbons (Fsp3) is 0.364. The minimum absolute atomic E-state index is 0.0324. The van der Waals surface area contributed by atoms with Crippen LogP contribution in [0.15, 0.2) is 42.9 Å². The van der Waals surface area contributed by atoms with E-state index in [1.165, 1.54) is 23.4 Å². The maximum atomic E-state index is 12.9. The highest BCUT2D eigenvalue weighted by atomic mass is 19.4. The molecule has 0 atom stereocenters. The van der Waals surface area contributed by atoms with Gasteiger partial charge in [-0.3, -0.25) is 4.79 Å². The Morgan fingerprint density at radius 1 is 1.21 bits per heavy atom. The number of carbonyl (C=O) groups excluding carboxylic acids is 2. The average molecular weight is 458 g/mol. The number of rotatable bonds is 3. The zero-order valence-corrected chi connectivity index (χ0v) is 17.7. The van der Waals surface area contributed by atoms with Crippen molar-refractivity contribution in [3.05, 3.63) is 54.1 Å². The lowest BCUT2D eigenvalue weighted by atomic mass is 9.60. The van der Waals surface area contributed by atoms with Gasteiger partial charge in [0.15, 0.2) is 0 Å². The number of anilines is 1. The van der Waals surface area contributed by atoms with Crippen LogP contribution in [0, 0.1) is 5.41 Å². The smallest absolute Gasteiger partial charge is 0.346 e. The molecule has 8 nitrogen and oxygen atoms in total. The van der Waals surface area contributed by atoms with Crippen LogP contribution >= 0.6 is 0 Å². The van der Waals surface area contributed by atoms with Gasteiger partial charge < -0.3 is 20.1 Å². The molecule has 3 amide bonds. The molecule has 11 heteroatoms. The normalized spacial score (nSPS) is 17.5. The van der Waals surface area contributed by atoms with E-state index in [0.29, 0.717) is 29.8 Å². The Bertz CT molecular complexity index is 1230. The van der Waals surface area contributed by atoms with Crippen LogP contribution in [0.5, 0.6) is 0 Å². The molecule has 0 bridgehead atoms. The van der Waals surface area contributed by atoms with Gasteiger partial charge in [-0.05, 0) is 37.1 Å². The first-order valence-electron chi connectivity index (χ1n) is 10.4. The number of nitrogens with one attached hydrogen (secondary N) is 2. The van der Waals surface area contributed by atoms with Gasteiger partial charge in [0, 0.05) is 43.5 Å². The summed E-state index contributed by atoms with van der Waals surface area (Å²) >= 11 is 0. The van der Waals surface area contributed by atoms with Crippen LogP contribution in [-0.2, 0) is 6.18 Å². The van der Waals surface area contributed by atoms with Gasteiger partial charge in [-0.15, -0.1) is 0 Å². The number of fused-ring (bicyclic) bond motifs is 1. The molecule has 1 aromatic carbocycles. The topological polar surface area (TPSA) is 94.2 Å². The van der Waals surface area contributed by atoms with Crippen molar-refractivity contribution >= 4 is 28.7 Å². The summed E-state index contributed by atoms with van der Waals surface area (Å²) < 4.78 is 38.7. The SMILES string of the molecule is CN(C(=O)Nc1cccc(C(F)(F)F)c1)C1CC2(C1)CN(C(=O)c1ncnc3[nH]ccc13)C2. The largest absolute Gasteiger partial charge is 0.416 e. The lowest BCUT2D eigenvalue weighted by Crippen LogP contribution is -2.67. The van der Waals surface area contributed by atoms with E-state index in [9.17, 15) is 22.8 Å². The van der Waals surface area contributed by atoms with E-state index in [2.05, 4.69) is 20.3 Å². The molecule has 3 heterocycles. The van der Waals surface area contributed by atoms with Crippen molar-refractivity contribution in [1.82, 2.24) is 24.8 Å². The number of hydrogen-bond acceptors (Lipinski definition) is 4. The van der Waals surface area contributed by atoms with Crippen molar-refractivity contribution in [2.45, 2.75) is 25.1 Å². The van der Waals surface area contributed by atoms with Crippen LogP contribution in [0.25, 0.3) is 11.0 Å². The van der Waals surface area contributed by atoms with Gasteiger partial charge in [-0.25, -0.2) is 14.8 Å². The zero-order chi connectivity index (χ0) is 23.4. The van der Waals surface area contributed by atoms with Crippen molar-refractivity contribution in [3.63, 3.8) is 0 Å². The molecule has 1 aliphatic carbocycles. The van der Waals surface area contributed by atoms with Crippen LogP contribution < -0.4 is 5.32 Å². The Morgan fingerprint density at radius 3 is 2.70 bits per heavy atom. The second-order valence-corrected chi connectivity index (χ2v) is 8.81. The highest BCUT2D eigenvalue weighted by Gasteiger charge is 2.55. The maximum Gasteiger partial charge on any atom is 0.416 e. The molecule has 2 aliphatic rings. The van der Waals surface area contributed by atoms with Gasteiger partial charge in [-0.2, -0.15) is 13.2 Å². The summed E-state index contributed by atoms with van der Waals surface area (Å²) in [5.41, 5.74) is 0.225. The first kappa shape index (κ1) is 21.2. The summed E-state index contributed by atoms with van der Waals surface area (Å²) in [7, 11) is 1.63. The third kappa shape index (κ3) is 3.77. The van der Waals surface area contributed by atoms with E-state index in [-0.39, 0.29) is 23.1 Å². The number of aromatic nitrogens is 3. The fourth-order valence-corrected chi connectivity index (χ4v) is 4.72. The average Bonchev–Trinajstić information content (AvgIpc) is 3.20. The number of aromatic amines is 1. The number of alkyl halides is 3. The van der Waals surface area contributed by atoms with Crippen molar-refractivity contribution in [2.24, 2.45) is 5.41 Å². The van der Waals surface area contributed by atoms with Crippen LogP contribution in [-0.4, -0.2) is 62.9 Å². The summed E-state index contributed by atoms with van der Waals surface area (Å²) in [6.45, 7) is 1.17. The molecule has 33 heavy (non-hydrogen) atoms. The summed E-state index contributed by atoms with van der Waals surface area (Å²) in [5.74, 6) is -0.147. The molecular formula is C22H21F3N6O2. The molecule has 2 N–H and O–H groups in total. The van der Waals surface area contributed by atoms with E-state index in [1.807, 2.05) is 0 Å². The molecule has 5 rings (SSSR count). The van der Waals surface area contributed by atoms with Crippen LogP contribution in [0.2, 0.25) is 0 Å². The summed E-state index contributed by atoms with van der Waals surface area (Å²) in [6.07, 6.45) is 0.0575. The molecule has 1 saturated heterocycles. The van der Waals surface area contributed by atoms with Gasteiger partial charge in [0.05, 0.1) is 10.9 Å². The van der Waals surface area contributed by atoms with Crippen LogP contribution in [0.3, 0.4) is 0 Å². The van der Waals surface area contributed by atoms with Crippen molar-refractivity contribution in [1.29, 1.82) is 0 Å². The Balaban J connectivity index is 1.15. The van der Waals surface area contributed by atoms with E-state index in [0.717, 1.165) is 25.0 Å². The highest BCUT2D eigenvalue weighted by Crippen LogP contribution is 2.50. The molecule has 0 unspecified atom stereocenters. The molecule has 3 aromatic rings. The third-order valence-electron chi connectivity index (χ3n) is 6.54. The van der Waals surface area contributed by atoms with Crippen molar-refractivity contribution in [2.75, 3.05) is 25.5 Å². The minimum atomic E-state index is -4.47. The monoisotopic (exact) mass is 458 g/mol. The Hall–Kier alpha value is -3.63. The number of likely N-dealkylation sites (tertiary alicyclic amines) is 1. The number of halogens is 3. The summed E-state index contributed by atoms with van der Waals surface area (Å²) in [4.78, 5) is 39.9. The highest BCUT2D eigenvalue weighted by molar-refractivity contribution is 6.04. The first-order valence-corrected chi connectivity index (χ1v) is 10.4. The lowest BCUT2D eigenvalue weighted by Gasteiger charge is -2.60. The molecule has 0 radical (unpaired) electrons. The number of benzene rings is 1. The number of nitrogens with zero attached hydrogens (tertiary/aromatic N) is 4. The zero-order valence-electron chi connectivity index (χ0n) is 17.7. The van der Waals surface area contributed by atoms with Gasteiger partial charge in [0.1, 0.15) is 17.7 Å². The second-order valence-electron chi connectivity index (χ2n) is 8.81. The second kappa shape index (κ2) is 7.46. The Morgan fingerprint density at radius 2 is 1.97 bits per heavy atom. The van der Waals surface area contributed by atoms with E-state index in [1.54, 1.807) is 24.2 Å². The predicted octanol–water partition coefficient (Wildman–Crippen LogP) is 3.75. The molecule has 1 spiro atoms. The van der Waals surface area contributed by atoms with Crippen molar-refractivity contribution in [3.8, 4) is 0 Å². The van der Waals surface area contributed by atoms with Crippen LogP contribution in [0.4, 0.5) is 23.7 Å². The lowest BCUT2D eigenvalue weighted by molar-refractivity contribution is -0.137. The van der Waals surface area contributed by atoms with Gasteiger partial charge in [-0.1, -0.05) is 6.07 Å². The van der Waals surface area contributed by atoms with E-state index >= 15 is 0 Å². The predicted molar refractivity (Wildman–Crippen MR) is 113 cm³/mol. The molecule has 2 fully saturated rings. The minimum Gasteiger partial charge on any atom is -0.346 e. The summed E-state index contributed by atoms with van der Waals surface area (Å²) in [5, 5.41) is 3.22. The quantitative estimate of drug-likeness (QED) is 0.625. The Labute approximate surface area is 186 Å². The van der Waals surface area contributed by atoms with Gasteiger partial charge >= 0.3 is 12.2 Å². The van der Waals surface area contributed by atoms with E-state index in [4.69, 9.17) is 0 Å². The number of urea groups is 1. The van der Waals surface area contributed by atoms with E-state index < -0.39 is 17.8 Å². The molecular weight excluding hydrogens is 437 g/mol. The molecule has 1 saturated carbocycles. The van der Waals surface area contributed by atoms with Crippen LogP contribution in [0.1, 0.15) is 28.9 Å². The molecule has 172 valence electrons.